The second kappa shape index (κ2) is 6.75. The first-order valence-corrected chi connectivity index (χ1v) is 6.70. The summed E-state index contributed by atoms with van der Waals surface area (Å²) in [6.45, 7) is 2.23. The van der Waals surface area contributed by atoms with Crippen molar-refractivity contribution in [1.82, 2.24) is 0 Å². The molecule has 1 N–H and O–H groups in total. The Morgan fingerprint density at radius 3 is 2.40 bits per heavy atom. The lowest BCUT2D eigenvalue weighted by molar-refractivity contribution is 0.0888. The minimum atomic E-state index is -1.24. The number of carboxylic acid groups (broad SMARTS) is 1. The fraction of sp³-hybridized carbons (Fsp3) is 0.235. The van der Waals surface area contributed by atoms with E-state index < -0.39 is 6.16 Å². The van der Waals surface area contributed by atoms with Crippen LogP contribution in [0, 0.1) is 0 Å². The second-order valence-electron chi connectivity index (χ2n) is 4.59. The second-order valence-corrected chi connectivity index (χ2v) is 4.59. The van der Waals surface area contributed by atoms with E-state index in [9.17, 15) is 4.79 Å². The van der Waals surface area contributed by atoms with Crippen molar-refractivity contribution in [3.8, 4) is 0 Å². The minimum Gasteiger partial charge on any atom is -0.450 e. The topological polar surface area (TPSA) is 46.5 Å². The van der Waals surface area contributed by atoms with Gasteiger partial charge in [0.1, 0.15) is 6.61 Å². The highest BCUT2D eigenvalue weighted by Gasteiger charge is 2.18. The van der Waals surface area contributed by atoms with Crippen LogP contribution < -0.4 is 0 Å². The highest BCUT2D eigenvalue weighted by Crippen LogP contribution is 2.28. The monoisotopic (exact) mass is 270 g/mol. The molecule has 2 aromatic rings. The first-order valence-electron chi connectivity index (χ1n) is 6.70. The summed E-state index contributed by atoms with van der Waals surface area (Å²) in [5.41, 5.74) is 3.41. The van der Waals surface area contributed by atoms with Crippen molar-refractivity contribution in [2.75, 3.05) is 6.61 Å². The van der Waals surface area contributed by atoms with Crippen LogP contribution in [0.2, 0.25) is 0 Å². The Labute approximate surface area is 118 Å². The number of aryl methyl sites for hydroxylation is 1. The lowest BCUT2D eigenvalue weighted by Crippen LogP contribution is -2.14. The van der Waals surface area contributed by atoms with Gasteiger partial charge in [0.25, 0.3) is 0 Å². The molecule has 0 saturated carbocycles. The highest BCUT2D eigenvalue weighted by atomic mass is 16.7. The predicted molar refractivity (Wildman–Crippen MR) is 78.1 cm³/mol. The third-order valence-corrected chi connectivity index (χ3v) is 3.39. The molecule has 2 rings (SSSR count). The van der Waals surface area contributed by atoms with Gasteiger partial charge in [-0.05, 0) is 23.1 Å². The van der Waals surface area contributed by atoms with Gasteiger partial charge in [-0.2, -0.15) is 0 Å². The normalized spacial score (nSPS) is 11.8. The molecule has 0 heterocycles. The molecule has 0 amide bonds. The highest BCUT2D eigenvalue weighted by molar-refractivity contribution is 5.57. The third-order valence-electron chi connectivity index (χ3n) is 3.39. The molecule has 104 valence electrons. The minimum absolute atomic E-state index is 0.0663. The zero-order valence-corrected chi connectivity index (χ0v) is 11.5. The van der Waals surface area contributed by atoms with Gasteiger partial charge in [0, 0.05) is 5.92 Å². The van der Waals surface area contributed by atoms with E-state index in [4.69, 9.17) is 9.84 Å². The van der Waals surface area contributed by atoms with E-state index in [1.165, 1.54) is 5.56 Å². The van der Waals surface area contributed by atoms with Crippen LogP contribution in [0.4, 0.5) is 4.79 Å². The molecule has 0 aromatic heterocycles. The summed E-state index contributed by atoms with van der Waals surface area (Å²) >= 11 is 0. The molecule has 0 saturated heterocycles. The van der Waals surface area contributed by atoms with E-state index >= 15 is 0 Å². The molecule has 0 aliphatic carbocycles. The van der Waals surface area contributed by atoms with E-state index in [2.05, 4.69) is 13.0 Å². The molecule has 2 aromatic carbocycles. The number of carbonyl (C=O) groups is 1. The molecule has 1 atom stereocenters. The first-order chi connectivity index (χ1) is 9.72. The third kappa shape index (κ3) is 3.38. The van der Waals surface area contributed by atoms with Gasteiger partial charge in [0.2, 0.25) is 0 Å². The molecule has 3 heteroatoms. The smallest absolute Gasteiger partial charge is 0.450 e. The first kappa shape index (κ1) is 14.1. The molecule has 0 aliphatic heterocycles. The van der Waals surface area contributed by atoms with Crippen molar-refractivity contribution in [2.45, 2.75) is 19.3 Å². The lowest BCUT2D eigenvalue weighted by atomic mass is 9.88. The van der Waals surface area contributed by atoms with Crippen molar-refractivity contribution in [2.24, 2.45) is 0 Å². The number of hydrogen-bond acceptors (Lipinski definition) is 2. The van der Waals surface area contributed by atoms with E-state index in [1.54, 1.807) is 0 Å². The fourth-order valence-corrected chi connectivity index (χ4v) is 2.40. The van der Waals surface area contributed by atoms with Gasteiger partial charge in [0.15, 0.2) is 0 Å². The van der Waals surface area contributed by atoms with Crippen LogP contribution in [0.15, 0.2) is 54.6 Å². The molecule has 0 bridgehead atoms. The van der Waals surface area contributed by atoms with Gasteiger partial charge in [0.05, 0.1) is 0 Å². The Morgan fingerprint density at radius 2 is 1.75 bits per heavy atom. The summed E-state index contributed by atoms with van der Waals surface area (Å²) in [4.78, 5) is 10.7. The Kier molecular flexibility index (Phi) is 4.77. The largest absolute Gasteiger partial charge is 0.505 e. The Bertz CT molecular complexity index is 563. The van der Waals surface area contributed by atoms with Gasteiger partial charge in [-0.1, -0.05) is 61.5 Å². The maximum atomic E-state index is 10.7. The van der Waals surface area contributed by atoms with Crippen LogP contribution in [0.5, 0.6) is 0 Å². The Hall–Kier alpha value is -2.29. The van der Waals surface area contributed by atoms with Crippen LogP contribution in [0.1, 0.15) is 29.5 Å². The molecule has 0 fully saturated rings. The molecular weight excluding hydrogens is 252 g/mol. The van der Waals surface area contributed by atoms with Crippen molar-refractivity contribution in [3.63, 3.8) is 0 Å². The van der Waals surface area contributed by atoms with Crippen LogP contribution in [-0.4, -0.2) is 17.9 Å². The average Bonchev–Trinajstić information content (AvgIpc) is 2.49. The number of hydrogen-bond donors (Lipinski definition) is 1. The van der Waals surface area contributed by atoms with E-state index in [0.717, 1.165) is 17.5 Å². The molecule has 20 heavy (non-hydrogen) atoms. The van der Waals surface area contributed by atoms with Crippen LogP contribution in [0.25, 0.3) is 0 Å². The molecule has 3 nitrogen and oxygen atoms in total. The average molecular weight is 270 g/mol. The maximum Gasteiger partial charge on any atom is 0.505 e. The van der Waals surface area contributed by atoms with Crippen molar-refractivity contribution >= 4 is 6.16 Å². The predicted octanol–water partition coefficient (Wildman–Crippen LogP) is 4.08. The number of rotatable bonds is 5. The van der Waals surface area contributed by atoms with Crippen LogP contribution in [0.3, 0.4) is 0 Å². The summed E-state index contributed by atoms with van der Waals surface area (Å²) in [7, 11) is 0. The summed E-state index contributed by atoms with van der Waals surface area (Å²) in [6.07, 6.45) is -0.327. The molecular formula is C17H18O3. The number of ether oxygens (including phenoxy) is 1. The quantitative estimate of drug-likeness (QED) is 0.833. The van der Waals surface area contributed by atoms with Crippen molar-refractivity contribution < 1.29 is 14.6 Å². The van der Waals surface area contributed by atoms with E-state index in [0.29, 0.717) is 0 Å². The standard InChI is InChI=1S/C17H18O3/c1-2-13-8-6-7-11-15(13)16(12-20-17(18)19)14-9-4-3-5-10-14/h3-11,16H,2,12H2,1H3,(H,18,19). The summed E-state index contributed by atoms with van der Waals surface area (Å²) < 4.78 is 4.83. The summed E-state index contributed by atoms with van der Waals surface area (Å²) in [6, 6.07) is 18.0. The van der Waals surface area contributed by atoms with Crippen LogP contribution >= 0.6 is 0 Å². The SMILES string of the molecule is CCc1ccccc1C(COC(=O)O)c1ccccc1. The van der Waals surface area contributed by atoms with Crippen LogP contribution in [-0.2, 0) is 11.2 Å². The molecule has 0 spiro atoms. The molecule has 0 aliphatic rings. The maximum absolute atomic E-state index is 10.7. The van der Waals surface area contributed by atoms with E-state index in [-0.39, 0.29) is 12.5 Å². The zero-order valence-electron chi connectivity index (χ0n) is 11.5. The molecule has 0 radical (unpaired) electrons. The van der Waals surface area contributed by atoms with Crippen molar-refractivity contribution in [1.29, 1.82) is 0 Å². The van der Waals surface area contributed by atoms with E-state index in [1.807, 2.05) is 48.5 Å². The summed E-state index contributed by atoms with van der Waals surface area (Å²) in [5.74, 6) is -0.0663. The molecule has 1 unspecified atom stereocenters. The lowest BCUT2D eigenvalue weighted by Gasteiger charge is -2.20. The summed E-state index contributed by atoms with van der Waals surface area (Å²) in [5, 5.41) is 8.76. The Morgan fingerprint density at radius 1 is 1.10 bits per heavy atom. The zero-order chi connectivity index (χ0) is 14.4. The number of benzene rings is 2. The van der Waals surface area contributed by atoms with Crippen molar-refractivity contribution in [3.05, 3.63) is 71.3 Å². The van der Waals surface area contributed by atoms with Gasteiger partial charge in [-0.3, -0.25) is 0 Å². The fourth-order valence-electron chi connectivity index (χ4n) is 2.40. The van der Waals surface area contributed by atoms with Gasteiger partial charge < -0.3 is 9.84 Å². The van der Waals surface area contributed by atoms with Gasteiger partial charge in [-0.25, -0.2) is 4.79 Å². The Balaban J connectivity index is 2.38. The van der Waals surface area contributed by atoms with Gasteiger partial charge >= 0.3 is 6.16 Å². The van der Waals surface area contributed by atoms with Gasteiger partial charge in [-0.15, -0.1) is 0 Å².